The molecule has 2 aromatic rings. The fraction of sp³-hybridized carbons (Fsp3) is 0.167. The first kappa shape index (κ1) is 11.7. The quantitative estimate of drug-likeness (QED) is 0.907. The summed E-state index contributed by atoms with van der Waals surface area (Å²) < 4.78 is 13.4. The first-order valence-corrected chi connectivity index (χ1v) is 5.98. The second-order valence-electron chi connectivity index (χ2n) is 3.47. The molecule has 17 heavy (non-hydrogen) atoms. The third-order valence-corrected chi connectivity index (χ3v) is 3.16. The summed E-state index contributed by atoms with van der Waals surface area (Å²) in [5.41, 5.74) is 0.967. The van der Waals surface area contributed by atoms with Crippen LogP contribution in [0, 0.1) is 5.82 Å². The molecule has 0 aliphatic rings. The fourth-order valence-electron chi connectivity index (χ4n) is 1.43. The van der Waals surface area contributed by atoms with E-state index < -0.39 is 0 Å². The highest BCUT2D eigenvalue weighted by Gasteiger charge is 2.10. The maximum atomic E-state index is 13.4. The molecule has 0 saturated heterocycles. The van der Waals surface area contributed by atoms with Gasteiger partial charge in [0.05, 0.1) is 5.01 Å². The number of hydrogen-bond donors (Lipinski definition) is 1. The maximum Gasteiger partial charge on any atom is 0.270 e. The van der Waals surface area contributed by atoms with Crippen molar-refractivity contribution in [1.82, 2.24) is 10.3 Å². The lowest BCUT2D eigenvalue weighted by atomic mass is 10.1. The van der Waals surface area contributed by atoms with Crippen LogP contribution in [0.3, 0.4) is 0 Å². The van der Waals surface area contributed by atoms with Gasteiger partial charge in [-0.1, -0.05) is 18.2 Å². The third-order valence-electron chi connectivity index (χ3n) is 2.31. The Balaban J connectivity index is 2.17. The van der Waals surface area contributed by atoms with Crippen molar-refractivity contribution >= 4 is 17.2 Å². The highest BCUT2D eigenvalue weighted by Crippen LogP contribution is 2.16. The Kier molecular flexibility index (Phi) is 3.49. The van der Waals surface area contributed by atoms with Gasteiger partial charge in [0, 0.05) is 18.8 Å². The number of benzene rings is 1. The molecule has 2 rings (SSSR count). The number of aromatic nitrogens is 1. The molecule has 1 heterocycles. The lowest BCUT2D eigenvalue weighted by Crippen LogP contribution is -2.18. The second-order valence-corrected chi connectivity index (χ2v) is 4.42. The van der Waals surface area contributed by atoms with E-state index in [-0.39, 0.29) is 11.7 Å². The molecule has 3 nitrogen and oxygen atoms in total. The minimum absolute atomic E-state index is 0.221. The van der Waals surface area contributed by atoms with Crippen LogP contribution in [0.4, 0.5) is 4.39 Å². The molecule has 0 atom stereocenters. The van der Waals surface area contributed by atoms with E-state index in [1.165, 1.54) is 17.4 Å². The van der Waals surface area contributed by atoms with Gasteiger partial charge in [0.2, 0.25) is 0 Å². The second kappa shape index (κ2) is 5.05. The summed E-state index contributed by atoms with van der Waals surface area (Å²) in [5, 5.41) is 4.91. The van der Waals surface area contributed by atoms with E-state index in [1.54, 1.807) is 30.6 Å². The van der Waals surface area contributed by atoms with Crippen molar-refractivity contribution in [3.63, 3.8) is 0 Å². The van der Waals surface area contributed by atoms with E-state index in [2.05, 4.69) is 10.3 Å². The van der Waals surface area contributed by atoms with Crippen LogP contribution in [0.5, 0.6) is 0 Å². The molecule has 0 spiro atoms. The third kappa shape index (κ3) is 2.68. The highest BCUT2D eigenvalue weighted by atomic mass is 32.1. The van der Waals surface area contributed by atoms with Gasteiger partial charge in [-0.3, -0.25) is 4.79 Å². The Bertz CT molecular complexity index is 539. The molecule has 88 valence electrons. The van der Waals surface area contributed by atoms with Crippen molar-refractivity contribution in [1.29, 1.82) is 0 Å². The lowest BCUT2D eigenvalue weighted by Gasteiger charge is -1.99. The van der Waals surface area contributed by atoms with Gasteiger partial charge in [0.1, 0.15) is 11.5 Å². The van der Waals surface area contributed by atoms with Crippen LogP contribution < -0.4 is 5.32 Å². The number of nitrogens with one attached hydrogen (secondary N) is 1. The molecular formula is C12H11FN2OS. The first-order chi connectivity index (χ1) is 8.20. The summed E-state index contributed by atoms with van der Waals surface area (Å²) in [6, 6.07) is 6.57. The molecule has 0 fully saturated rings. The zero-order valence-corrected chi connectivity index (χ0v) is 10.1. The molecule has 1 aromatic carbocycles. The number of nitrogens with zero attached hydrogens (tertiary/aromatic N) is 1. The standard InChI is InChI=1S/C12H11FN2OS/c1-14-12(16)10-7-17-11(15-10)6-8-4-2-3-5-9(8)13/h2-5,7H,6H2,1H3,(H,14,16). The van der Waals surface area contributed by atoms with E-state index in [0.29, 0.717) is 17.7 Å². The molecule has 0 radical (unpaired) electrons. The van der Waals surface area contributed by atoms with Crippen molar-refractivity contribution in [2.75, 3.05) is 7.05 Å². The van der Waals surface area contributed by atoms with Crippen LogP contribution in [0.15, 0.2) is 29.6 Å². The Hall–Kier alpha value is -1.75. The van der Waals surface area contributed by atoms with Gasteiger partial charge in [0.25, 0.3) is 5.91 Å². The minimum Gasteiger partial charge on any atom is -0.354 e. The van der Waals surface area contributed by atoms with Gasteiger partial charge >= 0.3 is 0 Å². The molecule has 0 bridgehead atoms. The molecular weight excluding hydrogens is 239 g/mol. The molecule has 0 aliphatic carbocycles. The number of rotatable bonds is 3. The largest absolute Gasteiger partial charge is 0.354 e. The predicted molar refractivity (Wildman–Crippen MR) is 64.7 cm³/mol. The first-order valence-electron chi connectivity index (χ1n) is 5.10. The van der Waals surface area contributed by atoms with Crippen molar-refractivity contribution < 1.29 is 9.18 Å². The average Bonchev–Trinajstić information content (AvgIpc) is 2.80. The van der Waals surface area contributed by atoms with Gasteiger partial charge in [-0.05, 0) is 11.6 Å². The molecule has 1 aromatic heterocycles. The van der Waals surface area contributed by atoms with Crippen LogP contribution >= 0.6 is 11.3 Å². The van der Waals surface area contributed by atoms with Gasteiger partial charge in [-0.25, -0.2) is 9.37 Å². The van der Waals surface area contributed by atoms with E-state index in [0.717, 1.165) is 5.01 Å². The molecule has 5 heteroatoms. The summed E-state index contributed by atoms with van der Waals surface area (Å²) in [6.45, 7) is 0. The molecule has 0 unspecified atom stereocenters. The summed E-state index contributed by atoms with van der Waals surface area (Å²) in [5.74, 6) is -0.467. The molecule has 1 N–H and O–H groups in total. The number of amides is 1. The summed E-state index contributed by atoms with van der Waals surface area (Å²) in [7, 11) is 1.55. The number of carbonyl (C=O) groups is 1. The van der Waals surface area contributed by atoms with Crippen molar-refractivity contribution in [3.05, 3.63) is 51.7 Å². The average molecular weight is 250 g/mol. The van der Waals surface area contributed by atoms with Crippen molar-refractivity contribution in [2.45, 2.75) is 6.42 Å². The number of hydrogen-bond acceptors (Lipinski definition) is 3. The van der Waals surface area contributed by atoms with E-state index in [4.69, 9.17) is 0 Å². The van der Waals surface area contributed by atoms with Crippen LogP contribution in [-0.2, 0) is 6.42 Å². The van der Waals surface area contributed by atoms with Crippen LogP contribution in [0.25, 0.3) is 0 Å². The summed E-state index contributed by atoms with van der Waals surface area (Å²) in [6.07, 6.45) is 0.411. The Morgan fingerprint density at radius 3 is 2.94 bits per heavy atom. The highest BCUT2D eigenvalue weighted by molar-refractivity contribution is 7.09. The van der Waals surface area contributed by atoms with E-state index in [9.17, 15) is 9.18 Å². The maximum absolute atomic E-state index is 13.4. The normalized spacial score (nSPS) is 10.2. The van der Waals surface area contributed by atoms with Gasteiger partial charge in [-0.15, -0.1) is 11.3 Å². The van der Waals surface area contributed by atoms with Crippen molar-refractivity contribution in [2.24, 2.45) is 0 Å². The van der Waals surface area contributed by atoms with Crippen molar-refractivity contribution in [3.8, 4) is 0 Å². The minimum atomic E-state index is -0.246. The topological polar surface area (TPSA) is 42.0 Å². The van der Waals surface area contributed by atoms with Gasteiger partial charge < -0.3 is 5.32 Å². The SMILES string of the molecule is CNC(=O)c1csc(Cc2ccccc2F)n1. The Morgan fingerprint density at radius 2 is 2.24 bits per heavy atom. The number of thiazole rings is 1. The van der Waals surface area contributed by atoms with Crippen LogP contribution in [-0.4, -0.2) is 17.9 Å². The van der Waals surface area contributed by atoms with Gasteiger partial charge in [-0.2, -0.15) is 0 Å². The molecule has 0 aliphatic heterocycles. The van der Waals surface area contributed by atoms with E-state index in [1.807, 2.05) is 0 Å². The number of halogens is 1. The summed E-state index contributed by atoms with van der Waals surface area (Å²) >= 11 is 1.36. The smallest absolute Gasteiger partial charge is 0.270 e. The summed E-state index contributed by atoms with van der Waals surface area (Å²) in [4.78, 5) is 15.5. The Morgan fingerprint density at radius 1 is 1.47 bits per heavy atom. The Labute approximate surface area is 102 Å². The zero-order chi connectivity index (χ0) is 12.3. The molecule has 1 amide bonds. The number of carbonyl (C=O) groups excluding carboxylic acids is 1. The zero-order valence-electron chi connectivity index (χ0n) is 9.24. The van der Waals surface area contributed by atoms with Crippen LogP contribution in [0.2, 0.25) is 0 Å². The van der Waals surface area contributed by atoms with E-state index >= 15 is 0 Å². The predicted octanol–water partition coefficient (Wildman–Crippen LogP) is 2.23. The van der Waals surface area contributed by atoms with Crippen LogP contribution in [0.1, 0.15) is 21.1 Å². The molecule has 0 saturated carbocycles. The lowest BCUT2D eigenvalue weighted by molar-refractivity contribution is 0.0958. The monoisotopic (exact) mass is 250 g/mol. The van der Waals surface area contributed by atoms with Gasteiger partial charge in [0.15, 0.2) is 0 Å². The fourth-order valence-corrected chi connectivity index (χ4v) is 2.23.